The molecular formula is C13H19NO2S. The molecule has 3 nitrogen and oxygen atoms in total. The Kier molecular flexibility index (Phi) is 4.34. The fourth-order valence-electron chi connectivity index (χ4n) is 1.58. The lowest BCUT2D eigenvalue weighted by Crippen LogP contribution is -2.31. The maximum Gasteiger partial charge on any atom is 0.122 e. The normalized spacial score (nSPS) is 11.1. The smallest absolute Gasteiger partial charge is 0.122 e. The zero-order valence-corrected chi connectivity index (χ0v) is 11.6. The largest absolute Gasteiger partial charge is 0.497 e. The van der Waals surface area contributed by atoms with E-state index >= 15 is 0 Å². The highest BCUT2D eigenvalue weighted by atomic mass is 32.1. The maximum atomic E-state index is 5.74. The first kappa shape index (κ1) is 13.8. The topological polar surface area (TPSA) is 44.5 Å². The molecule has 0 saturated carbocycles. The summed E-state index contributed by atoms with van der Waals surface area (Å²) < 4.78 is 10.5. The molecule has 0 atom stereocenters. The van der Waals surface area contributed by atoms with Crippen molar-refractivity contribution in [2.75, 3.05) is 14.2 Å². The number of thiocarbonyl (C=S) groups is 1. The average Bonchev–Trinajstić information content (AvgIpc) is 2.28. The molecule has 0 heterocycles. The molecule has 0 saturated heterocycles. The van der Waals surface area contributed by atoms with Gasteiger partial charge in [0.25, 0.3) is 0 Å². The molecule has 0 radical (unpaired) electrons. The van der Waals surface area contributed by atoms with E-state index in [2.05, 4.69) is 0 Å². The highest BCUT2D eigenvalue weighted by Gasteiger charge is 2.23. The zero-order valence-electron chi connectivity index (χ0n) is 10.7. The van der Waals surface area contributed by atoms with Crippen LogP contribution in [0.5, 0.6) is 11.5 Å². The van der Waals surface area contributed by atoms with Crippen molar-refractivity contribution in [3.05, 3.63) is 23.8 Å². The summed E-state index contributed by atoms with van der Waals surface area (Å²) in [5.74, 6) is 1.63. The molecule has 0 fully saturated rings. The minimum Gasteiger partial charge on any atom is -0.497 e. The predicted octanol–water partition coefficient (Wildman–Crippen LogP) is 2.56. The van der Waals surface area contributed by atoms with Gasteiger partial charge < -0.3 is 15.2 Å². The summed E-state index contributed by atoms with van der Waals surface area (Å²) in [7, 11) is 3.30. The first-order chi connectivity index (χ1) is 7.90. The van der Waals surface area contributed by atoms with E-state index in [4.69, 9.17) is 27.4 Å². The van der Waals surface area contributed by atoms with Crippen LogP contribution in [-0.2, 0) is 6.42 Å². The van der Waals surface area contributed by atoms with E-state index in [1.54, 1.807) is 14.2 Å². The third kappa shape index (κ3) is 3.33. The minimum atomic E-state index is -0.241. The quantitative estimate of drug-likeness (QED) is 0.819. The van der Waals surface area contributed by atoms with Gasteiger partial charge in [-0.1, -0.05) is 26.1 Å². The van der Waals surface area contributed by atoms with Gasteiger partial charge in [0.2, 0.25) is 0 Å². The van der Waals surface area contributed by atoms with E-state index < -0.39 is 0 Å². The Morgan fingerprint density at radius 2 is 1.94 bits per heavy atom. The molecule has 1 aromatic carbocycles. The Labute approximate surface area is 108 Å². The van der Waals surface area contributed by atoms with Gasteiger partial charge >= 0.3 is 0 Å². The molecule has 94 valence electrons. The Balaban J connectivity index is 3.07. The molecule has 1 rings (SSSR count). The number of benzene rings is 1. The van der Waals surface area contributed by atoms with E-state index in [1.807, 2.05) is 32.0 Å². The van der Waals surface area contributed by atoms with Gasteiger partial charge in [-0.3, -0.25) is 0 Å². The molecule has 2 N–H and O–H groups in total. The number of rotatable bonds is 5. The summed E-state index contributed by atoms with van der Waals surface area (Å²) in [5.41, 5.74) is 6.54. The highest BCUT2D eigenvalue weighted by molar-refractivity contribution is 7.80. The molecule has 0 spiro atoms. The zero-order chi connectivity index (χ0) is 13.1. The van der Waals surface area contributed by atoms with E-state index in [0.717, 1.165) is 23.5 Å². The van der Waals surface area contributed by atoms with E-state index in [1.165, 1.54) is 0 Å². The van der Waals surface area contributed by atoms with Gasteiger partial charge in [0.05, 0.1) is 19.2 Å². The minimum absolute atomic E-state index is 0.241. The van der Waals surface area contributed by atoms with Gasteiger partial charge in [0.15, 0.2) is 0 Å². The van der Waals surface area contributed by atoms with Crippen LogP contribution in [0.3, 0.4) is 0 Å². The molecule has 0 aliphatic carbocycles. The van der Waals surface area contributed by atoms with E-state index in [9.17, 15) is 0 Å². The third-order valence-electron chi connectivity index (χ3n) is 2.79. The summed E-state index contributed by atoms with van der Waals surface area (Å²) >= 11 is 5.08. The number of methoxy groups -OCH3 is 2. The SMILES string of the molecule is COc1ccc(OC)c(CC(C)(C)C(N)=S)c1. The van der Waals surface area contributed by atoms with Gasteiger partial charge in [0.1, 0.15) is 11.5 Å². The molecular weight excluding hydrogens is 234 g/mol. The lowest BCUT2D eigenvalue weighted by atomic mass is 9.85. The first-order valence-corrected chi connectivity index (χ1v) is 5.82. The van der Waals surface area contributed by atoms with Gasteiger partial charge in [-0.15, -0.1) is 0 Å². The van der Waals surface area contributed by atoms with Crippen molar-refractivity contribution in [2.45, 2.75) is 20.3 Å². The fourth-order valence-corrected chi connectivity index (χ4v) is 1.66. The second-order valence-corrected chi connectivity index (χ2v) is 5.04. The van der Waals surface area contributed by atoms with Crippen LogP contribution in [0.1, 0.15) is 19.4 Å². The monoisotopic (exact) mass is 253 g/mol. The Morgan fingerprint density at radius 3 is 2.41 bits per heavy atom. The highest BCUT2D eigenvalue weighted by Crippen LogP contribution is 2.30. The summed E-state index contributed by atoms with van der Waals surface area (Å²) in [6.07, 6.45) is 0.725. The van der Waals surface area contributed by atoms with Crippen molar-refractivity contribution in [1.82, 2.24) is 0 Å². The number of nitrogens with two attached hydrogens (primary N) is 1. The van der Waals surface area contributed by atoms with Crippen molar-refractivity contribution in [3.63, 3.8) is 0 Å². The summed E-state index contributed by atoms with van der Waals surface area (Å²) in [6, 6.07) is 5.72. The van der Waals surface area contributed by atoms with E-state index in [-0.39, 0.29) is 5.41 Å². The summed E-state index contributed by atoms with van der Waals surface area (Å²) in [4.78, 5) is 0.502. The number of hydrogen-bond donors (Lipinski definition) is 1. The first-order valence-electron chi connectivity index (χ1n) is 5.41. The van der Waals surface area contributed by atoms with Gasteiger partial charge in [-0.2, -0.15) is 0 Å². The summed E-state index contributed by atoms with van der Waals surface area (Å²) in [5, 5.41) is 0. The number of hydrogen-bond acceptors (Lipinski definition) is 3. The fraction of sp³-hybridized carbons (Fsp3) is 0.462. The van der Waals surface area contributed by atoms with Crippen molar-refractivity contribution >= 4 is 17.2 Å². The summed E-state index contributed by atoms with van der Waals surface area (Å²) in [6.45, 7) is 4.04. The average molecular weight is 253 g/mol. The lowest BCUT2D eigenvalue weighted by molar-refractivity contribution is 0.392. The van der Waals surface area contributed by atoms with Gasteiger partial charge in [0, 0.05) is 5.41 Å². The van der Waals surface area contributed by atoms with Crippen LogP contribution in [0.15, 0.2) is 18.2 Å². The molecule has 0 aromatic heterocycles. The molecule has 17 heavy (non-hydrogen) atoms. The second-order valence-electron chi connectivity index (χ2n) is 4.60. The van der Waals surface area contributed by atoms with Crippen molar-refractivity contribution in [3.8, 4) is 11.5 Å². The van der Waals surface area contributed by atoms with Crippen LogP contribution in [-0.4, -0.2) is 19.2 Å². The Morgan fingerprint density at radius 1 is 1.29 bits per heavy atom. The van der Waals surface area contributed by atoms with Gasteiger partial charge in [-0.05, 0) is 30.2 Å². The third-order valence-corrected chi connectivity index (χ3v) is 3.34. The van der Waals surface area contributed by atoms with Crippen molar-refractivity contribution < 1.29 is 9.47 Å². The second kappa shape index (κ2) is 5.36. The Hall–Kier alpha value is -1.29. The number of ether oxygens (including phenoxy) is 2. The standard InChI is InChI=1S/C13H19NO2S/c1-13(2,12(14)17)8-9-7-10(15-3)5-6-11(9)16-4/h5-7H,8H2,1-4H3,(H2,14,17). The predicted molar refractivity (Wildman–Crippen MR) is 73.8 cm³/mol. The molecule has 0 unspecified atom stereocenters. The van der Waals surface area contributed by atoms with Crippen LogP contribution < -0.4 is 15.2 Å². The molecule has 0 amide bonds. The van der Waals surface area contributed by atoms with Crippen molar-refractivity contribution in [1.29, 1.82) is 0 Å². The van der Waals surface area contributed by atoms with Crippen LogP contribution >= 0.6 is 12.2 Å². The Bertz CT molecular complexity index is 416. The van der Waals surface area contributed by atoms with Crippen LogP contribution in [0.2, 0.25) is 0 Å². The van der Waals surface area contributed by atoms with E-state index in [0.29, 0.717) is 4.99 Å². The van der Waals surface area contributed by atoms with Crippen molar-refractivity contribution in [2.24, 2.45) is 11.1 Å². The molecule has 0 bridgehead atoms. The van der Waals surface area contributed by atoms with Gasteiger partial charge in [-0.25, -0.2) is 0 Å². The molecule has 0 aliphatic heterocycles. The molecule has 0 aliphatic rings. The van der Waals surface area contributed by atoms with Crippen LogP contribution in [0.25, 0.3) is 0 Å². The molecule has 4 heteroatoms. The lowest BCUT2D eigenvalue weighted by Gasteiger charge is -2.24. The van der Waals surface area contributed by atoms with Crippen LogP contribution in [0, 0.1) is 5.41 Å². The molecule has 1 aromatic rings. The van der Waals surface area contributed by atoms with Crippen LogP contribution in [0.4, 0.5) is 0 Å². The maximum absolute atomic E-state index is 5.74.